The zero-order valence-electron chi connectivity index (χ0n) is 17.1. The predicted octanol–water partition coefficient (Wildman–Crippen LogP) is 3.99. The Morgan fingerprint density at radius 3 is 2.16 bits per heavy atom. The van der Waals surface area contributed by atoms with Crippen LogP contribution in [0.15, 0.2) is 78.9 Å². The second kappa shape index (κ2) is 10.8. The number of methoxy groups -OCH3 is 1. The Morgan fingerprint density at radius 2 is 1.55 bits per heavy atom. The predicted molar refractivity (Wildman–Crippen MR) is 117 cm³/mol. The quantitative estimate of drug-likeness (QED) is 0.446. The Labute approximate surface area is 181 Å². The second-order valence-corrected chi connectivity index (χ2v) is 6.77. The van der Waals surface area contributed by atoms with E-state index in [0.717, 1.165) is 11.1 Å². The highest BCUT2D eigenvalue weighted by atomic mass is 16.5. The Morgan fingerprint density at radius 1 is 0.903 bits per heavy atom. The first-order valence-corrected chi connectivity index (χ1v) is 9.73. The number of rotatable bonds is 8. The summed E-state index contributed by atoms with van der Waals surface area (Å²) in [5.41, 5.74) is 2.92. The number of hydrogen-bond donors (Lipinski definition) is 1. The molecule has 0 bridgehead atoms. The van der Waals surface area contributed by atoms with Gasteiger partial charge in [0.15, 0.2) is 11.9 Å². The van der Waals surface area contributed by atoms with Crippen LogP contribution in [0.1, 0.15) is 27.0 Å². The smallest absolute Gasteiger partial charge is 0.333 e. The molecule has 0 amide bonds. The molecule has 3 aromatic rings. The number of aliphatic carboxylic acids is 1. The maximum absolute atomic E-state index is 12.4. The molecule has 156 valence electrons. The lowest BCUT2D eigenvalue weighted by Crippen LogP contribution is -2.24. The van der Waals surface area contributed by atoms with Crippen molar-refractivity contribution in [3.8, 4) is 17.6 Å². The molecule has 0 saturated carbocycles. The molecule has 0 radical (unpaired) electrons. The van der Waals surface area contributed by atoms with Gasteiger partial charge in [-0.1, -0.05) is 54.3 Å². The van der Waals surface area contributed by atoms with Crippen LogP contribution in [0, 0.1) is 11.8 Å². The fraction of sp³-hybridized carbons (Fsp3) is 0.154. The van der Waals surface area contributed by atoms with Crippen LogP contribution in [0.2, 0.25) is 0 Å². The number of hydrogen-bond acceptors (Lipinski definition) is 4. The van der Waals surface area contributed by atoms with E-state index < -0.39 is 12.1 Å². The second-order valence-electron chi connectivity index (χ2n) is 6.77. The van der Waals surface area contributed by atoms with Crippen molar-refractivity contribution in [1.29, 1.82) is 0 Å². The van der Waals surface area contributed by atoms with Gasteiger partial charge in [0.05, 0.1) is 0 Å². The summed E-state index contributed by atoms with van der Waals surface area (Å²) in [7, 11) is 1.38. The molecule has 0 fully saturated rings. The van der Waals surface area contributed by atoms with Crippen LogP contribution in [0.25, 0.3) is 0 Å². The number of benzene rings is 3. The molecule has 3 rings (SSSR count). The summed E-state index contributed by atoms with van der Waals surface area (Å²) in [4.78, 5) is 23.4. The third-order valence-corrected chi connectivity index (χ3v) is 4.63. The lowest BCUT2D eigenvalue weighted by Gasteiger charge is -2.10. The molecule has 0 saturated heterocycles. The molecule has 5 nitrogen and oxygen atoms in total. The third-order valence-electron chi connectivity index (χ3n) is 4.63. The van der Waals surface area contributed by atoms with Crippen molar-refractivity contribution in [1.82, 2.24) is 0 Å². The monoisotopic (exact) mass is 414 g/mol. The van der Waals surface area contributed by atoms with Gasteiger partial charge in [0.1, 0.15) is 12.4 Å². The van der Waals surface area contributed by atoms with E-state index in [1.165, 1.54) is 7.11 Å². The summed E-state index contributed by atoms with van der Waals surface area (Å²) in [5, 5.41) is 9.04. The summed E-state index contributed by atoms with van der Waals surface area (Å²) >= 11 is 0. The van der Waals surface area contributed by atoms with Gasteiger partial charge in [0.25, 0.3) is 0 Å². The molecule has 1 N–H and O–H groups in total. The van der Waals surface area contributed by atoms with Gasteiger partial charge in [0, 0.05) is 30.2 Å². The van der Waals surface area contributed by atoms with Gasteiger partial charge in [-0.15, -0.1) is 0 Å². The van der Waals surface area contributed by atoms with Gasteiger partial charge >= 0.3 is 5.97 Å². The van der Waals surface area contributed by atoms with Gasteiger partial charge in [0.2, 0.25) is 0 Å². The lowest BCUT2D eigenvalue weighted by atomic mass is 10.0. The average molecular weight is 414 g/mol. The van der Waals surface area contributed by atoms with Crippen LogP contribution in [-0.2, 0) is 16.0 Å². The SMILES string of the molecule is CO[C@@H](Cc1ccc(C#CCOc2ccc(C(=O)c3ccccc3)cc2)cc1)C(=O)O. The van der Waals surface area contributed by atoms with Crippen molar-refractivity contribution >= 4 is 11.8 Å². The molecular formula is C26H22O5. The first kappa shape index (κ1) is 21.8. The minimum atomic E-state index is -0.985. The van der Waals surface area contributed by atoms with Gasteiger partial charge < -0.3 is 14.6 Å². The van der Waals surface area contributed by atoms with E-state index in [0.29, 0.717) is 23.3 Å². The van der Waals surface area contributed by atoms with Crippen LogP contribution in [0.5, 0.6) is 5.75 Å². The third kappa shape index (κ3) is 6.30. The standard InChI is InChI=1S/C26H22O5/c1-30-24(26(28)29)18-20-11-9-19(10-12-20)6-5-17-31-23-15-13-22(14-16-23)25(27)21-7-3-2-4-8-21/h2-4,7-16,24H,17-18H2,1H3,(H,28,29)/t24-/m0/s1. The Bertz CT molecular complexity index is 1070. The Hall–Kier alpha value is -3.88. The molecule has 0 heterocycles. The number of ketones is 1. The van der Waals surface area contributed by atoms with Crippen molar-refractivity contribution in [2.24, 2.45) is 0 Å². The summed E-state index contributed by atoms with van der Waals surface area (Å²) in [6.45, 7) is 0.207. The highest BCUT2D eigenvalue weighted by Gasteiger charge is 2.16. The van der Waals surface area contributed by atoms with E-state index >= 15 is 0 Å². The van der Waals surface area contributed by atoms with Crippen molar-refractivity contribution in [2.45, 2.75) is 12.5 Å². The molecule has 0 aliphatic rings. The van der Waals surface area contributed by atoms with Crippen LogP contribution in [-0.4, -0.2) is 36.7 Å². The topological polar surface area (TPSA) is 72.8 Å². The molecule has 5 heteroatoms. The van der Waals surface area contributed by atoms with Crippen LogP contribution >= 0.6 is 0 Å². The highest BCUT2D eigenvalue weighted by molar-refractivity contribution is 6.08. The minimum absolute atomic E-state index is 0.0319. The fourth-order valence-electron chi connectivity index (χ4n) is 2.93. The van der Waals surface area contributed by atoms with E-state index in [1.54, 1.807) is 36.4 Å². The molecule has 3 aromatic carbocycles. The average Bonchev–Trinajstić information content (AvgIpc) is 2.81. The van der Waals surface area contributed by atoms with E-state index in [2.05, 4.69) is 11.8 Å². The van der Waals surface area contributed by atoms with Gasteiger partial charge in [-0.25, -0.2) is 4.79 Å². The Kier molecular flexibility index (Phi) is 7.58. The molecular weight excluding hydrogens is 392 g/mol. The highest BCUT2D eigenvalue weighted by Crippen LogP contribution is 2.15. The zero-order chi connectivity index (χ0) is 22.1. The minimum Gasteiger partial charge on any atom is -0.481 e. The zero-order valence-corrected chi connectivity index (χ0v) is 17.1. The van der Waals surface area contributed by atoms with Crippen molar-refractivity contribution in [3.05, 3.63) is 101 Å². The summed E-state index contributed by atoms with van der Waals surface area (Å²) in [5.74, 6) is 5.57. The van der Waals surface area contributed by atoms with E-state index in [1.807, 2.05) is 42.5 Å². The Balaban J connectivity index is 1.52. The van der Waals surface area contributed by atoms with Crippen LogP contribution in [0.3, 0.4) is 0 Å². The lowest BCUT2D eigenvalue weighted by molar-refractivity contribution is -0.148. The summed E-state index contributed by atoms with van der Waals surface area (Å²) in [6.07, 6.45) is -0.564. The number of ether oxygens (including phenoxy) is 2. The summed E-state index contributed by atoms with van der Waals surface area (Å²) in [6, 6.07) is 23.4. The fourth-order valence-corrected chi connectivity index (χ4v) is 2.93. The van der Waals surface area contributed by atoms with E-state index in [-0.39, 0.29) is 12.4 Å². The van der Waals surface area contributed by atoms with E-state index in [9.17, 15) is 9.59 Å². The van der Waals surface area contributed by atoms with Crippen molar-refractivity contribution < 1.29 is 24.2 Å². The largest absolute Gasteiger partial charge is 0.481 e. The molecule has 0 aliphatic heterocycles. The maximum Gasteiger partial charge on any atom is 0.333 e. The molecule has 1 atom stereocenters. The molecule has 0 unspecified atom stereocenters. The first-order chi connectivity index (χ1) is 15.1. The summed E-state index contributed by atoms with van der Waals surface area (Å²) < 4.78 is 10.6. The molecule has 0 aromatic heterocycles. The molecule has 0 spiro atoms. The molecule has 31 heavy (non-hydrogen) atoms. The van der Waals surface area contributed by atoms with Crippen LogP contribution < -0.4 is 4.74 Å². The number of carbonyl (C=O) groups excluding carboxylic acids is 1. The van der Waals surface area contributed by atoms with Gasteiger partial charge in [-0.05, 0) is 42.0 Å². The van der Waals surface area contributed by atoms with Gasteiger partial charge in [-0.3, -0.25) is 4.79 Å². The number of carboxylic acid groups (broad SMARTS) is 1. The first-order valence-electron chi connectivity index (χ1n) is 9.73. The van der Waals surface area contributed by atoms with E-state index in [4.69, 9.17) is 14.6 Å². The number of carbonyl (C=O) groups is 2. The maximum atomic E-state index is 12.4. The van der Waals surface area contributed by atoms with Crippen molar-refractivity contribution in [3.63, 3.8) is 0 Å². The van der Waals surface area contributed by atoms with Gasteiger partial charge in [-0.2, -0.15) is 0 Å². The molecule has 0 aliphatic carbocycles. The normalized spacial score (nSPS) is 11.1. The van der Waals surface area contributed by atoms with Crippen LogP contribution in [0.4, 0.5) is 0 Å². The number of carboxylic acids is 1. The van der Waals surface area contributed by atoms with Crippen molar-refractivity contribution in [2.75, 3.05) is 13.7 Å².